The Morgan fingerprint density at radius 3 is 2.61 bits per heavy atom. The molecule has 0 spiro atoms. The number of amides is 1. The summed E-state index contributed by atoms with van der Waals surface area (Å²) in [5.41, 5.74) is 2.30. The fourth-order valence-electron chi connectivity index (χ4n) is 2.87. The van der Waals surface area contributed by atoms with Crippen LogP contribution in [0.4, 0.5) is 13.2 Å². The third-order valence-electron chi connectivity index (χ3n) is 4.29. The maximum Gasteiger partial charge on any atom is 0.416 e. The summed E-state index contributed by atoms with van der Waals surface area (Å²) in [7, 11) is 0. The monoisotopic (exact) mass is 389 g/mol. The number of aromatic nitrogens is 2. The highest BCUT2D eigenvalue weighted by Gasteiger charge is 2.30. The molecule has 5 nitrogen and oxygen atoms in total. The van der Waals surface area contributed by atoms with Gasteiger partial charge >= 0.3 is 6.18 Å². The first-order valence-corrected chi connectivity index (χ1v) is 8.76. The van der Waals surface area contributed by atoms with E-state index in [4.69, 9.17) is 0 Å². The topological polar surface area (TPSA) is 64.0 Å². The molecule has 1 N–H and O–H groups in total. The first-order valence-electron chi connectivity index (χ1n) is 8.76. The van der Waals surface area contributed by atoms with Crippen molar-refractivity contribution >= 4 is 16.8 Å². The number of hydrogen-bond donors (Lipinski definition) is 1. The van der Waals surface area contributed by atoms with E-state index < -0.39 is 23.2 Å². The van der Waals surface area contributed by atoms with Crippen LogP contribution in [0.5, 0.6) is 0 Å². The minimum Gasteiger partial charge on any atom is -0.273 e. The number of nitrogens with zero attached hydrogens (tertiary/aromatic N) is 2. The molecule has 0 aliphatic heterocycles. The van der Waals surface area contributed by atoms with Crippen LogP contribution in [0, 0.1) is 0 Å². The summed E-state index contributed by atoms with van der Waals surface area (Å²) in [6.45, 7) is 1.81. The van der Waals surface area contributed by atoms with Gasteiger partial charge in [0.05, 0.1) is 16.5 Å². The fraction of sp³-hybridized carbons (Fsp3) is 0.250. The summed E-state index contributed by atoms with van der Waals surface area (Å²) < 4.78 is 39.5. The second-order valence-electron chi connectivity index (χ2n) is 6.27. The van der Waals surface area contributed by atoms with Gasteiger partial charge in [-0.15, -0.1) is 0 Å². The molecule has 0 atom stereocenters. The van der Waals surface area contributed by atoms with Crippen molar-refractivity contribution in [2.45, 2.75) is 32.4 Å². The minimum absolute atomic E-state index is 0.0657. The molecule has 1 aromatic heterocycles. The molecule has 2 aromatic carbocycles. The van der Waals surface area contributed by atoms with Crippen LogP contribution in [-0.2, 0) is 23.8 Å². The van der Waals surface area contributed by atoms with Gasteiger partial charge in [-0.05, 0) is 30.2 Å². The molecule has 3 aromatic rings. The van der Waals surface area contributed by atoms with Crippen LogP contribution in [0.1, 0.15) is 30.3 Å². The quantitative estimate of drug-likeness (QED) is 0.724. The molecular weight excluding hydrogens is 371 g/mol. The Labute approximate surface area is 158 Å². The number of alkyl halides is 3. The van der Waals surface area contributed by atoms with Crippen LogP contribution in [0.15, 0.2) is 53.3 Å². The Balaban J connectivity index is 1.77. The molecule has 0 fully saturated rings. The summed E-state index contributed by atoms with van der Waals surface area (Å²) in [6, 6.07) is 11.7. The van der Waals surface area contributed by atoms with Crippen LogP contribution in [0.2, 0.25) is 0 Å². The first kappa shape index (κ1) is 19.6. The van der Waals surface area contributed by atoms with Crippen LogP contribution >= 0.6 is 0 Å². The fourth-order valence-corrected chi connectivity index (χ4v) is 2.87. The lowest BCUT2D eigenvalue weighted by molar-refractivity contribution is -0.137. The summed E-state index contributed by atoms with van der Waals surface area (Å²) in [5, 5.41) is 0.373. The van der Waals surface area contributed by atoms with Gasteiger partial charge < -0.3 is 0 Å². The highest BCUT2D eigenvalue weighted by atomic mass is 19.4. The number of nitrogens with one attached hydrogen (secondary N) is 1. The van der Waals surface area contributed by atoms with Crippen molar-refractivity contribution in [2.75, 3.05) is 5.43 Å². The largest absolute Gasteiger partial charge is 0.416 e. The van der Waals surface area contributed by atoms with Crippen LogP contribution in [0.25, 0.3) is 10.9 Å². The van der Waals surface area contributed by atoms with E-state index >= 15 is 0 Å². The van der Waals surface area contributed by atoms with Crippen molar-refractivity contribution in [3.05, 3.63) is 75.8 Å². The number of benzene rings is 2. The average Bonchev–Trinajstić information content (AvgIpc) is 2.68. The highest BCUT2D eigenvalue weighted by Crippen LogP contribution is 2.29. The van der Waals surface area contributed by atoms with Crippen LogP contribution in [0.3, 0.4) is 0 Å². The van der Waals surface area contributed by atoms with E-state index in [-0.39, 0.29) is 12.8 Å². The number of halogens is 3. The number of hydrogen-bond acceptors (Lipinski definition) is 3. The van der Waals surface area contributed by atoms with Gasteiger partial charge in [0, 0.05) is 12.8 Å². The SMILES string of the molecule is CCc1nc2ccccc2c(=O)n1NC(=O)CCc1cccc(C(F)(F)F)c1. The van der Waals surface area contributed by atoms with Crippen LogP contribution in [-0.4, -0.2) is 15.6 Å². The summed E-state index contributed by atoms with van der Waals surface area (Å²) in [5.74, 6) is -0.0811. The van der Waals surface area contributed by atoms with Gasteiger partial charge in [0.15, 0.2) is 0 Å². The summed E-state index contributed by atoms with van der Waals surface area (Å²) in [4.78, 5) is 29.3. The first-order chi connectivity index (χ1) is 13.3. The molecule has 28 heavy (non-hydrogen) atoms. The molecule has 0 aliphatic rings. The van der Waals surface area contributed by atoms with E-state index in [0.717, 1.165) is 16.8 Å². The summed E-state index contributed by atoms with van der Waals surface area (Å²) >= 11 is 0. The van der Waals surface area contributed by atoms with Gasteiger partial charge in [0.2, 0.25) is 5.91 Å². The number of fused-ring (bicyclic) bond motifs is 1. The Bertz CT molecular complexity index is 1070. The molecule has 8 heteroatoms. The lowest BCUT2D eigenvalue weighted by atomic mass is 10.1. The maximum absolute atomic E-state index is 12.8. The van der Waals surface area contributed by atoms with Crippen molar-refractivity contribution in [1.29, 1.82) is 0 Å². The normalized spacial score (nSPS) is 11.6. The number of para-hydroxylation sites is 1. The third-order valence-corrected chi connectivity index (χ3v) is 4.29. The molecule has 0 saturated heterocycles. The molecule has 0 saturated carbocycles. The van der Waals surface area contributed by atoms with E-state index in [1.807, 2.05) is 6.92 Å². The Morgan fingerprint density at radius 2 is 1.89 bits per heavy atom. The van der Waals surface area contributed by atoms with Crippen LogP contribution < -0.4 is 11.0 Å². The second kappa shape index (κ2) is 7.84. The Morgan fingerprint density at radius 1 is 1.14 bits per heavy atom. The lowest BCUT2D eigenvalue weighted by Crippen LogP contribution is -2.36. The number of aryl methyl sites for hydroxylation is 2. The zero-order valence-electron chi connectivity index (χ0n) is 15.1. The Hall–Kier alpha value is -3.16. The summed E-state index contributed by atoms with van der Waals surface area (Å²) in [6.07, 6.45) is -3.96. The molecule has 1 amide bonds. The van der Waals surface area contributed by atoms with Crippen molar-refractivity contribution in [1.82, 2.24) is 9.66 Å². The molecule has 3 rings (SSSR count). The van der Waals surface area contributed by atoms with E-state index in [9.17, 15) is 22.8 Å². The molecular formula is C20H18F3N3O2. The molecule has 0 unspecified atom stereocenters. The number of carbonyl (C=O) groups excluding carboxylic acids is 1. The van der Waals surface area contributed by atoms with E-state index in [2.05, 4.69) is 10.4 Å². The molecule has 0 bridgehead atoms. The lowest BCUT2D eigenvalue weighted by Gasteiger charge is -2.13. The molecule has 0 aliphatic carbocycles. The smallest absolute Gasteiger partial charge is 0.273 e. The van der Waals surface area contributed by atoms with E-state index in [1.165, 1.54) is 12.1 Å². The van der Waals surface area contributed by atoms with Crippen molar-refractivity contribution in [3.63, 3.8) is 0 Å². The zero-order chi connectivity index (χ0) is 20.3. The number of rotatable bonds is 5. The minimum atomic E-state index is -4.43. The van der Waals surface area contributed by atoms with Crippen molar-refractivity contribution in [2.24, 2.45) is 0 Å². The van der Waals surface area contributed by atoms with E-state index in [1.54, 1.807) is 24.3 Å². The van der Waals surface area contributed by atoms with Crippen molar-refractivity contribution < 1.29 is 18.0 Å². The Kier molecular flexibility index (Phi) is 5.48. The zero-order valence-corrected chi connectivity index (χ0v) is 15.1. The molecule has 0 radical (unpaired) electrons. The van der Waals surface area contributed by atoms with Gasteiger partial charge in [-0.25, -0.2) is 9.66 Å². The van der Waals surface area contributed by atoms with Gasteiger partial charge in [0.25, 0.3) is 5.56 Å². The van der Waals surface area contributed by atoms with Gasteiger partial charge in [-0.2, -0.15) is 13.2 Å². The number of carbonyl (C=O) groups is 1. The second-order valence-corrected chi connectivity index (χ2v) is 6.27. The van der Waals surface area contributed by atoms with Gasteiger partial charge in [-0.3, -0.25) is 15.0 Å². The van der Waals surface area contributed by atoms with Gasteiger partial charge in [-0.1, -0.05) is 37.3 Å². The molecule has 146 valence electrons. The average molecular weight is 389 g/mol. The molecule has 1 heterocycles. The van der Waals surface area contributed by atoms with Gasteiger partial charge in [0.1, 0.15) is 5.82 Å². The standard InChI is InChI=1S/C20H18F3N3O2/c1-2-17-24-16-9-4-3-8-15(16)19(28)26(17)25-18(27)11-10-13-6-5-7-14(12-13)20(21,22)23/h3-9,12H,2,10-11H2,1H3,(H,25,27). The highest BCUT2D eigenvalue weighted by molar-refractivity contribution is 5.84. The predicted molar refractivity (Wildman–Crippen MR) is 99.5 cm³/mol. The maximum atomic E-state index is 12.8. The van der Waals surface area contributed by atoms with Crippen molar-refractivity contribution in [3.8, 4) is 0 Å². The predicted octanol–water partition coefficient (Wildman–Crippen LogP) is 3.68. The van der Waals surface area contributed by atoms with E-state index in [0.29, 0.717) is 28.7 Å². The third kappa shape index (κ3) is 4.21.